The number of pyridine rings is 2. The van der Waals surface area contributed by atoms with Gasteiger partial charge in [0.2, 0.25) is 0 Å². The first kappa shape index (κ1) is 14.3. The van der Waals surface area contributed by atoms with E-state index < -0.39 is 45.8 Å². The number of alkyl halides is 3. The Morgan fingerprint density at radius 2 is 2.10 bits per heavy atom. The monoisotopic (exact) mass is 306 g/mol. The molecule has 2 heterocycles. The van der Waals surface area contributed by atoms with Crippen LogP contribution in [0.1, 0.15) is 11.1 Å². The summed E-state index contributed by atoms with van der Waals surface area (Å²) in [5.74, 6) is -1.56. The van der Waals surface area contributed by atoms with Crippen molar-refractivity contribution < 1.29 is 23.1 Å². The highest BCUT2D eigenvalue weighted by Crippen LogP contribution is 2.37. The quantitative estimate of drug-likeness (QED) is 0.833. The van der Waals surface area contributed by atoms with Gasteiger partial charge in [-0.15, -0.1) is 0 Å². The summed E-state index contributed by atoms with van der Waals surface area (Å²) in [6.07, 6.45) is -4.85. The number of aromatic nitrogens is 2. The number of hydrogen-bond donors (Lipinski definition) is 2. The first-order chi connectivity index (χ1) is 9.21. The molecule has 0 aliphatic carbocycles. The molecule has 0 radical (unpaired) electrons. The molecule has 2 rings (SSSR count). The lowest BCUT2D eigenvalue weighted by Crippen LogP contribution is -2.24. The van der Waals surface area contributed by atoms with Crippen molar-refractivity contribution in [2.75, 3.05) is 0 Å². The molecule has 0 saturated heterocycles. The minimum absolute atomic E-state index is 0.156. The Labute approximate surface area is 114 Å². The highest BCUT2D eigenvalue weighted by Gasteiger charge is 2.38. The van der Waals surface area contributed by atoms with Gasteiger partial charge in [-0.3, -0.25) is 9.59 Å². The number of H-pyrrole nitrogens is 1. The average Bonchev–Trinajstić information content (AvgIpc) is 2.28. The third-order valence-electron chi connectivity index (χ3n) is 2.59. The fourth-order valence-corrected chi connectivity index (χ4v) is 2.13. The van der Waals surface area contributed by atoms with E-state index in [9.17, 15) is 22.8 Å². The van der Waals surface area contributed by atoms with Crippen LogP contribution < -0.4 is 5.56 Å². The van der Waals surface area contributed by atoms with Gasteiger partial charge in [-0.25, -0.2) is 4.98 Å². The lowest BCUT2D eigenvalue weighted by atomic mass is 10.0. The molecule has 0 bridgehead atoms. The van der Waals surface area contributed by atoms with Gasteiger partial charge in [0, 0.05) is 17.1 Å². The number of nitrogens with zero attached hydrogens (tertiary/aromatic N) is 1. The fourth-order valence-electron chi connectivity index (χ4n) is 1.87. The maximum Gasteiger partial charge on any atom is 0.417 e. The van der Waals surface area contributed by atoms with E-state index >= 15 is 0 Å². The molecule has 0 aromatic carbocycles. The maximum atomic E-state index is 13.2. The van der Waals surface area contributed by atoms with Gasteiger partial charge in [0.25, 0.3) is 5.56 Å². The zero-order chi connectivity index (χ0) is 15.1. The van der Waals surface area contributed by atoms with E-state index in [2.05, 4.69) is 9.97 Å². The molecular weight excluding hydrogens is 301 g/mol. The van der Waals surface area contributed by atoms with Crippen molar-refractivity contribution in [3.05, 3.63) is 38.9 Å². The van der Waals surface area contributed by atoms with Crippen molar-refractivity contribution in [3.63, 3.8) is 0 Å². The SMILES string of the molecule is O=C(O)Cc1c(C(F)(F)F)c2c(Cl)nccc2[nH]c1=O. The molecule has 0 aliphatic heterocycles. The van der Waals surface area contributed by atoms with Crippen LogP contribution in [0.15, 0.2) is 17.1 Å². The predicted molar refractivity (Wildman–Crippen MR) is 63.7 cm³/mol. The molecule has 0 fully saturated rings. The van der Waals surface area contributed by atoms with E-state index in [-0.39, 0.29) is 5.52 Å². The van der Waals surface area contributed by atoms with Crippen molar-refractivity contribution in [3.8, 4) is 0 Å². The third kappa shape index (κ3) is 2.46. The maximum absolute atomic E-state index is 13.2. The lowest BCUT2D eigenvalue weighted by molar-refractivity contribution is -0.139. The molecule has 2 N–H and O–H groups in total. The van der Waals surface area contributed by atoms with Crippen LogP contribution in [-0.2, 0) is 17.4 Å². The summed E-state index contributed by atoms with van der Waals surface area (Å²) in [7, 11) is 0. The number of fused-ring (bicyclic) bond motifs is 1. The number of nitrogens with one attached hydrogen (secondary N) is 1. The molecule has 0 aliphatic rings. The van der Waals surface area contributed by atoms with Crippen LogP contribution in [0.3, 0.4) is 0 Å². The number of hydrogen-bond acceptors (Lipinski definition) is 3. The van der Waals surface area contributed by atoms with E-state index in [1.807, 2.05) is 0 Å². The Kier molecular flexibility index (Phi) is 3.43. The van der Waals surface area contributed by atoms with Crippen LogP contribution in [0.2, 0.25) is 5.15 Å². The predicted octanol–water partition coefficient (Wildman–Crippen LogP) is 2.22. The van der Waals surface area contributed by atoms with Crippen LogP contribution in [0.4, 0.5) is 13.2 Å². The van der Waals surface area contributed by atoms with Crippen LogP contribution in [0.25, 0.3) is 10.9 Å². The summed E-state index contributed by atoms with van der Waals surface area (Å²) in [6, 6.07) is 1.16. The van der Waals surface area contributed by atoms with Crippen LogP contribution in [-0.4, -0.2) is 21.0 Å². The topological polar surface area (TPSA) is 83.0 Å². The zero-order valence-electron chi connectivity index (χ0n) is 9.58. The van der Waals surface area contributed by atoms with Crippen molar-refractivity contribution in [2.45, 2.75) is 12.6 Å². The first-order valence-corrected chi connectivity index (χ1v) is 5.58. The van der Waals surface area contributed by atoms with E-state index in [1.165, 1.54) is 0 Å². The Hall–Kier alpha value is -2.09. The van der Waals surface area contributed by atoms with Gasteiger partial charge in [0.1, 0.15) is 5.15 Å². The molecule has 2 aromatic rings. The number of aromatic amines is 1. The third-order valence-corrected chi connectivity index (χ3v) is 2.88. The molecule has 0 atom stereocenters. The lowest BCUT2D eigenvalue weighted by Gasteiger charge is -2.14. The summed E-state index contributed by atoms with van der Waals surface area (Å²) in [6.45, 7) is 0. The largest absolute Gasteiger partial charge is 0.481 e. The smallest absolute Gasteiger partial charge is 0.417 e. The molecule has 20 heavy (non-hydrogen) atoms. The average molecular weight is 307 g/mol. The Morgan fingerprint density at radius 3 is 2.65 bits per heavy atom. The summed E-state index contributed by atoms with van der Waals surface area (Å²) in [4.78, 5) is 28.0. The van der Waals surface area contributed by atoms with Crippen LogP contribution in [0, 0.1) is 0 Å². The summed E-state index contributed by atoms with van der Waals surface area (Å²) in [5, 5.41) is 7.68. The molecule has 9 heteroatoms. The normalized spacial score (nSPS) is 11.8. The minimum Gasteiger partial charge on any atom is -0.481 e. The second kappa shape index (κ2) is 4.78. The fraction of sp³-hybridized carbons (Fsp3) is 0.182. The van der Waals surface area contributed by atoms with Crippen molar-refractivity contribution in [2.24, 2.45) is 0 Å². The number of carboxylic acids is 1. The van der Waals surface area contributed by atoms with E-state index in [0.29, 0.717) is 0 Å². The standard InChI is InChI=1S/C11H6ClF3N2O3/c12-9-7-5(1-2-16-9)17-10(20)4(3-6(18)19)8(7)11(13,14)15/h1-2H,3H2,(H,17,20)(H,18,19). The van der Waals surface area contributed by atoms with E-state index in [4.69, 9.17) is 16.7 Å². The number of halogens is 4. The van der Waals surface area contributed by atoms with E-state index in [1.54, 1.807) is 0 Å². The summed E-state index contributed by atoms with van der Waals surface area (Å²) >= 11 is 5.65. The number of carbonyl (C=O) groups is 1. The van der Waals surface area contributed by atoms with Crippen molar-refractivity contribution >= 4 is 28.5 Å². The van der Waals surface area contributed by atoms with Crippen LogP contribution >= 0.6 is 11.6 Å². The Balaban J connectivity index is 2.98. The molecule has 0 spiro atoms. The van der Waals surface area contributed by atoms with Crippen molar-refractivity contribution in [1.82, 2.24) is 9.97 Å². The molecule has 0 unspecified atom stereocenters. The highest BCUT2D eigenvalue weighted by atomic mass is 35.5. The summed E-state index contributed by atoms with van der Waals surface area (Å²) < 4.78 is 39.5. The van der Waals surface area contributed by atoms with Gasteiger partial charge in [-0.1, -0.05) is 11.6 Å². The molecule has 106 valence electrons. The number of rotatable bonds is 2. The number of carboxylic acid groups (broad SMARTS) is 1. The first-order valence-electron chi connectivity index (χ1n) is 5.20. The molecule has 0 amide bonds. The van der Waals surface area contributed by atoms with E-state index in [0.717, 1.165) is 12.3 Å². The Morgan fingerprint density at radius 1 is 1.45 bits per heavy atom. The molecule has 0 saturated carbocycles. The minimum atomic E-state index is -4.93. The van der Waals surface area contributed by atoms with Gasteiger partial charge < -0.3 is 10.1 Å². The van der Waals surface area contributed by atoms with Gasteiger partial charge in [-0.05, 0) is 6.07 Å². The van der Waals surface area contributed by atoms with Gasteiger partial charge in [0.15, 0.2) is 0 Å². The summed E-state index contributed by atoms with van der Waals surface area (Å²) in [5.41, 5.74) is -3.53. The Bertz CT molecular complexity index is 755. The number of aliphatic carboxylic acids is 1. The van der Waals surface area contributed by atoms with Crippen LogP contribution in [0.5, 0.6) is 0 Å². The second-order valence-electron chi connectivity index (χ2n) is 3.90. The van der Waals surface area contributed by atoms with Crippen molar-refractivity contribution in [1.29, 1.82) is 0 Å². The van der Waals surface area contributed by atoms with Gasteiger partial charge in [0.05, 0.1) is 17.5 Å². The van der Waals surface area contributed by atoms with Gasteiger partial charge >= 0.3 is 12.1 Å². The molecule has 5 nitrogen and oxygen atoms in total. The molecular formula is C11H6ClF3N2O3. The zero-order valence-corrected chi connectivity index (χ0v) is 10.3. The van der Waals surface area contributed by atoms with Gasteiger partial charge in [-0.2, -0.15) is 13.2 Å². The highest BCUT2D eigenvalue weighted by molar-refractivity contribution is 6.34. The second-order valence-corrected chi connectivity index (χ2v) is 4.26. The molecule has 2 aromatic heterocycles.